The zero-order valence-electron chi connectivity index (χ0n) is 17.9. The van der Waals surface area contributed by atoms with Crippen LogP contribution < -0.4 is 10.1 Å². The summed E-state index contributed by atoms with van der Waals surface area (Å²) in [7, 11) is 1.66. The minimum absolute atomic E-state index is 0.0720. The Balaban J connectivity index is 1.36. The van der Waals surface area contributed by atoms with E-state index in [1.165, 1.54) is 0 Å². The minimum Gasteiger partial charge on any atom is -0.497 e. The molecule has 6 heteroatoms. The first-order chi connectivity index (χ1) is 15.0. The number of nitrogens with one attached hydrogen (secondary N) is 1. The number of carbonyl (C=O) groups excluding carboxylic acids is 2. The summed E-state index contributed by atoms with van der Waals surface area (Å²) in [5, 5.41) is 5.24. The number of carbonyl (C=O) groups is 2. The van der Waals surface area contributed by atoms with Gasteiger partial charge in [-0.15, -0.1) is 0 Å². The van der Waals surface area contributed by atoms with Gasteiger partial charge >= 0.3 is 0 Å². The van der Waals surface area contributed by atoms with Crippen LogP contribution in [0.25, 0.3) is 10.8 Å². The predicted molar refractivity (Wildman–Crippen MR) is 120 cm³/mol. The Labute approximate surface area is 182 Å². The number of amides is 2. The zero-order valence-corrected chi connectivity index (χ0v) is 17.9. The van der Waals surface area contributed by atoms with Crippen molar-refractivity contribution in [3.8, 4) is 5.75 Å². The van der Waals surface area contributed by atoms with Crippen molar-refractivity contribution in [3.63, 3.8) is 0 Å². The summed E-state index contributed by atoms with van der Waals surface area (Å²) in [6.07, 6.45) is 4.72. The van der Waals surface area contributed by atoms with Crippen molar-refractivity contribution in [3.05, 3.63) is 72.1 Å². The first-order valence-electron chi connectivity index (χ1n) is 10.6. The van der Waals surface area contributed by atoms with E-state index in [0.717, 1.165) is 34.9 Å². The predicted octanol–water partition coefficient (Wildman–Crippen LogP) is 3.77. The lowest BCUT2D eigenvalue weighted by atomic mass is 9.95. The number of benzene rings is 2. The molecule has 1 aromatic heterocycles. The summed E-state index contributed by atoms with van der Waals surface area (Å²) in [6, 6.07) is 15.7. The lowest BCUT2D eigenvalue weighted by molar-refractivity contribution is -0.133. The van der Waals surface area contributed by atoms with Gasteiger partial charge in [0, 0.05) is 31.5 Å². The third kappa shape index (κ3) is 4.68. The topological polar surface area (TPSA) is 71.5 Å². The van der Waals surface area contributed by atoms with Gasteiger partial charge in [-0.05, 0) is 60.4 Å². The molecule has 1 fully saturated rings. The van der Waals surface area contributed by atoms with Crippen molar-refractivity contribution in [1.82, 2.24) is 15.2 Å². The second-order valence-corrected chi connectivity index (χ2v) is 8.01. The highest BCUT2D eigenvalue weighted by Crippen LogP contribution is 2.27. The van der Waals surface area contributed by atoms with Gasteiger partial charge in [0.1, 0.15) is 5.75 Å². The van der Waals surface area contributed by atoms with Gasteiger partial charge in [-0.3, -0.25) is 14.6 Å². The van der Waals surface area contributed by atoms with Gasteiger partial charge in [0.25, 0.3) is 5.91 Å². The molecule has 1 saturated heterocycles. The van der Waals surface area contributed by atoms with Crippen molar-refractivity contribution < 1.29 is 14.3 Å². The van der Waals surface area contributed by atoms with Gasteiger partial charge in [0.2, 0.25) is 5.91 Å². The van der Waals surface area contributed by atoms with Crippen LogP contribution in [0.5, 0.6) is 5.75 Å². The van der Waals surface area contributed by atoms with Crippen molar-refractivity contribution in [2.45, 2.75) is 31.7 Å². The Morgan fingerprint density at radius 3 is 2.55 bits per heavy atom. The van der Waals surface area contributed by atoms with Gasteiger partial charge < -0.3 is 15.0 Å². The standard InChI is InChI=1S/C25H27N3O3/c1-17(18-5-6-20-15-23(31-2)8-7-19(20)14-18)25(30)28-12-9-22(10-13-28)27-24(29)21-4-3-11-26-16-21/h3-8,11,14-17,22H,9-10,12-13H2,1-2H3,(H,27,29)/t17-/m0/s1. The molecule has 6 nitrogen and oxygen atoms in total. The fraction of sp³-hybridized carbons (Fsp3) is 0.320. The van der Waals surface area contributed by atoms with Crippen molar-refractivity contribution in [1.29, 1.82) is 0 Å². The number of hydrogen-bond acceptors (Lipinski definition) is 4. The molecule has 0 saturated carbocycles. The second-order valence-electron chi connectivity index (χ2n) is 8.01. The molecule has 4 rings (SSSR count). The molecule has 0 spiro atoms. The highest BCUT2D eigenvalue weighted by Gasteiger charge is 2.27. The number of piperidine rings is 1. The van der Waals surface area contributed by atoms with E-state index in [2.05, 4.69) is 16.4 Å². The summed E-state index contributed by atoms with van der Waals surface area (Å²) in [6.45, 7) is 3.25. The molecule has 1 aliphatic rings. The maximum Gasteiger partial charge on any atom is 0.253 e. The summed E-state index contributed by atoms with van der Waals surface area (Å²) in [4.78, 5) is 31.3. The summed E-state index contributed by atoms with van der Waals surface area (Å²) >= 11 is 0. The molecule has 2 aromatic carbocycles. The average molecular weight is 418 g/mol. The van der Waals surface area contributed by atoms with Crippen molar-refractivity contribution >= 4 is 22.6 Å². The maximum absolute atomic E-state index is 13.1. The SMILES string of the molecule is COc1ccc2cc([C@H](C)C(=O)N3CCC(NC(=O)c4cccnc4)CC3)ccc2c1. The first-order valence-corrected chi connectivity index (χ1v) is 10.6. The Morgan fingerprint density at radius 2 is 1.84 bits per heavy atom. The molecule has 0 radical (unpaired) electrons. The molecule has 1 atom stereocenters. The highest BCUT2D eigenvalue weighted by molar-refractivity contribution is 5.94. The van der Waals surface area contributed by atoms with E-state index in [4.69, 9.17) is 4.74 Å². The smallest absolute Gasteiger partial charge is 0.253 e. The third-order valence-corrected chi connectivity index (χ3v) is 6.01. The lowest BCUT2D eigenvalue weighted by Gasteiger charge is -2.34. The van der Waals surface area contributed by atoms with Crippen molar-refractivity contribution in [2.75, 3.05) is 20.2 Å². The van der Waals surface area contributed by atoms with Crippen molar-refractivity contribution in [2.24, 2.45) is 0 Å². The van der Waals surface area contributed by atoms with E-state index in [1.807, 2.05) is 42.2 Å². The quantitative estimate of drug-likeness (QED) is 0.686. The van der Waals surface area contributed by atoms with Gasteiger partial charge in [0.05, 0.1) is 18.6 Å². The van der Waals surface area contributed by atoms with Gasteiger partial charge in [-0.1, -0.05) is 24.3 Å². The molecular formula is C25H27N3O3. The lowest BCUT2D eigenvalue weighted by Crippen LogP contribution is -2.47. The number of fused-ring (bicyclic) bond motifs is 1. The van der Waals surface area contributed by atoms with Crippen LogP contribution in [-0.2, 0) is 4.79 Å². The van der Waals surface area contributed by atoms with Crippen LogP contribution in [0, 0.1) is 0 Å². The highest BCUT2D eigenvalue weighted by atomic mass is 16.5. The molecule has 160 valence electrons. The fourth-order valence-electron chi connectivity index (χ4n) is 4.07. The number of pyridine rings is 1. The van der Waals surface area contributed by atoms with Crippen LogP contribution in [0.3, 0.4) is 0 Å². The van der Waals surface area contributed by atoms with Crippen LogP contribution in [0.1, 0.15) is 41.6 Å². The second kappa shape index (κ2) is 9.16. The summed E-state index contributed by atoms with van der Waals surface area (Å²) in [5.41, 5.74) is 1.57. The van der Waals surface area contributed by atoms with Crippen LogP contribution in [0.15, 0.2) is 60.9 Å². The fourth-order valence-corrected chi connectivity index (χ4v) is 4.07. The molecule has 0 bridgehead atoms. The van der Waals surface area contributed by atoms with Crippen LogP contribution in [0.2, 0.25) is 0 Å². The van der Waals surface area contributed by atoms with Crippen LogP contribution in [-0.4, -0.2) is 47.9 Å². The number of methoxy groups -OCH3 is 1. The minimum atomic E-state index is -0.215. The molecule has 3 aromatic rings. The van der Waals surface area contributed by atoms with E-state index in [9.17, 15) is 9.59 Å². The van der Waals surface area contributed by atoms with E-state index >= 15 is 0 Å². The molecule has 2 heterocycles. The van der Waals surface area contributed by atoms with E-state index in [0.29, 0.717) is 18.7 Å². The van der Waals surface area contributed by atoms with Gasteiger partial charge in [-0.2, -0.15) is 0 Å². The van der Waals surface area contributed by atoms with Gasteiger partial charge in [-0.25, -0.2) is 0 Å². The van der Waals surface area contributed by atoms with Gasteiger partial charge in [0.15, 0.2) is 0 Å². The van der Waals surface area contributed by atoms with Crippen LogP contribution >= 0.6 is 0 Å². The Morgan fingerprint density at radius 1 is 1.10 bits per heavy atom. The molecule has 0 unspecified atom stereocenters. The molecule has 2 amide bonds. The largest absolute Gasteiger partial charge is 0.497 e. The molecule has 31 heavy (non-hydrogen) atoms. The van der Waals surface area contributed by atoms with E-state index in [1.54, 1.807) is 31.6 Å². The summed E-state index contributed by atoms with van der Waals surface area (Å²) < 4.78 is 5.29. The normalized spacial score (nSPS) is 15.5. The van der Waals surface area contributed by atoms with Crippen LogP contribution in [0.4, 0.5) is 0 Å². The van der Waals surface area contributed by atoms with E-state index in [-0.39, 0.29) is 23.8 Å². The molecule has 1 N–H and O–H groups in total. The maximum atomic E-state index is 13.1. The van der Waals surface area contributed by atoms with E-state index < -0.39 is 0 Å². The number of nitrogens with zero attached hydrogens (tertiary/aromatic N) is 2. The Hall–Kier alpha value is -3.41. The zero-order chi connectivity index (χ0) is 21.8. The Bertz CT molecular complexity index is 1080. The average Bonchev–Trinajstić information content (AvgIpc) is 2.83. The molecule has 0 aliphatic carbocycles. The molecular weight excluding hydrogens is 390 g/mol. The Kier molecular flexibility index (Phi) is 6.16. The number of ether oxygens (including phenoxy) is 1. The number of rotatable bonds is 5. The number of hydrogen-bond donors (Lipinski definition) is 1. The first kappa shape index (κ1) is 20.8. The summed E-state index contributed by atoms with van der Waals surface area (Å²) in [5.74, 6) is 0.625. The molecule has 1 aliphatic heterocycles. The number of aromatic nitrogens is 1. The third-order valence-electron chi connectivity index (χ3n) is 6.01. The monoisotopic (exact) mass is 417 g/mol. The number of likely N-dealkylation sites (tertiary alicyclic amines) is 1.